The van der Waals surface area contributed by atoms with Gasteiger partial charge in [-0.05, 0) is 41.8 Å². The first-order chi connectivity index (χ1) is 12.7. The first-order valence-electron chi connectivity index (χ1n) is 9.43. The van der Waals surface area contributed by atoms with Crippen molar-refractivity contribution in [2.24, 2.45) is 16.6 Å². The number of hydrogen-bond acceptors (Lipinski definition) is 3. The first kappa shape index (κ1) is 19.6. The normalized spacial score (nSPS) is 20.5. The Morgan fingerprint density at radius 2 is 2.00 bits per heavy atom. The van der Waals surface area contributed by atoms with Crippen molar-refractivity contribution in [3.63, 3.8) is 0 Å². The van der Waals surface area contributed by atoms with Gasteiger partial charge in [0.1, 0.15) is 0 Å². The highest BCUT2D eigenvalue weighted by Crippen LogP contribution is 2.36. The predicted octanol–water partition coefficient (Wildman–Crippen LogP) is 4.10. The number of carbonyl (C=O) groups is 2. The van der Waals surface area contributed by atoms with Crippen LogP contribution in [0.2, 0.25) is 0 Å². The molecule has 1 aliphatic heterocycles. The van der Waals surface area contributed by atoms with Gasteiger partial charge in [0, 0.05) is 23.4 Å². The first-order valence-corrected chi connectivity index (χ1v) is 10.3. The Morgan fingerprint density at radius 1 is 1.22 bits per heavy atom. The third kappa shape index (κ3) is 4.24. The van der Waals surface area contributed by atoms with Gasteiger partial charge < -0.3 is 10.6 Å². The van der Waals surface area contributed by atoms with Crippen molar-refractivity contribution < 1.29 is 9.59 Å². The number of likely N-dealkylation sites (tertiary alicyclic amines) is 1. The molecule has 0 radical (unpaired) electrons. The van der Waals surface area contributed by atoms with Crippen LogP contribution in [0.15, 0.2) is 41.8 Å². The maximum absolute atomic E-state index is 12.8. The van der Waals surface area contributed by atoms with Crippen molar-refractivity contribution in [3.8, 4) is 10.4 Å². The summed E-state index contributed by atoms with van der Waals surface area (Å²) < 4.78 is 0. The van der Waals surface area contributed by atoms with E-state index in [2.05, 4.69) is 23.6 Å². The van der Waals surface area contributed by atoms with E-state index in [1.165, 1.54) is 4.88 Å². The lowest BCUT2D eigenvalue weighted by molar-refractivity contribution is -0.146. The van der Waals surface area contributed by atoms with Crippen LogP contribution in [-0.4, -0.2) is 29.8 Å². The highest BCUT2D eigenvalue weighted by atomic mass is 32.1. The number of benzene rings is 1. The van der Waals surface area contributed by atoms with Gasteiger partial charge in [0.2, 0.25) is 11.8 Å². The number of primary amides is 1. The van der Waals surface area contributed by atoms with Crippen LogP contribution in [-0.2, 0) is 16.0 Å². The molecule has 1 atom stereocenters. The number of thiophene rings is 1. The standard InChI is InChI=1S/C22H28N2O2S/c1-21(2,3)20(26)24-11-6-10-22(15-24,19(23)25)14-16-7-4-8-17(13-16)18-9-5-12-27-18/h4-5,7-9,12-13H,6,10-11,14-15H2,1-3H3,(H2,23,25)/t22-/m0/s1. The molecule has 144 valence electrons. The quantitative estimate of drug-likeness (QED) is 0.863. The molecule has 3 rings (SSSR count). The van der Waals surface area contributed by atoms with Crippen LogP contribution >= 0.6 is 11.3 Å². The average Bonchev–Trinajstić information content (AvgIpc) is 3.15. The van der Waals surface area contributed by atoms with E-state index < -0.39 is 10.8 Å². The van der Waals surface area contributed by atoms with Crippen molar-refractivity contribution in [2.45, 2.75) is 40.0 Å². The molecule has 0 saturated carbocycles. The van der Waals surface area contributed by atoms with E-state index in [0.717, 1.165) is 24.0 Å². The van der Waals surface area contributed by atoms with E-state index in [4.69, 9.17) is 5.73 Å². The van der Waals surface area contributed by atoms with Gasteiger partial charge in [-0.2, -0.15) is 0 Å². The summed E-state index contributed by atoms with van der Waals surface area (Å²) in [7, 11) is 0. The highest BCUT2D eigenvalue weighted by Gasteiger charge is 2.43. The lowest BCUT2D eigenvalue weighted by Crippen LogP contribution is -2.55. The smallest absolute Gasteiger partial charge is 0.227 e. The molecule has 27 heavy (non-hydrogen) atoms. The Kier molecular flexibility index (Phi) is 5.43. The van der Waals surface area contributed by atoms with E-state index in [1.807, 2.05) is 43.9 Å². The summed E-state index contributed by atoms with van der Waals surface area (Å²) in [5.74, 6) is -0.226. The fourth-order valence-electron chi connectivity index (χ4n) is 3.88. The zero-order chi connectivity index (χ0) is 19.7. The molecule has 0 bridgehead atoms. The number of nitrogens with zero attached hydrogens (tertiary/aromatic N) is 1. The molecule has 1 aliphatic rings. The lowest BCUT2D eigenvalue weighted by atomic mass is 9.73. The van der Waals surface area contributed by atoms with Crippen molar-refractivity contribution in [3.05, 3.63) is 47.3 Å². The SMILES string of the molecule is CC(C)(C)C(=O)N1CCC[C@@](Cc2cccc(-c3cccs3)c2)(C(N)=O)C1. The van der Waals surface area contributed by atoms with Crippen LogP contribution in [0.1, 0.15) is 39.2 Å². The van der Waals surface area contributed by atoms with Crippen LogP contribution in [0, 0.1) is 10.8 Å². The molecule has 1 aromatic carbocycles. The van der Waals surface area contributed by atoms with E-state index in [1.54, 1.807) is 11.3 Å². The van der Waals surface area contributed by atoms with Crippen LogP contribution in [0.4, 0.5) is 0 Å². The second-order valence-corrected chi connectivity index (χ2v) is 9.53. The molecule has 5 heteroatoms. The minimum Gasteiger partial charge on any atom is -0.369 e. The van der Waals surface area contributed by atoms with Gasteiger partial charge in [-0.25, -0.2) is 0 Å². The zero-order valence-corrected chi connectivity index (χ0v) is 17.1. The summed E-state index contributed by atoms with van der Waals surface area (Å²) >= 11 is 1.70. The Hall–Kier alpha value is -2.14. The summed E-state index contributed by atoms with van der Waals surface area (Å²) in [4.78, 5) is 28.3. The molecule has 4 nitrogen and oxygen atoms in total. The molecule has 2 N–H and O–H groups in total. The van der Waals surface area contributed by atoms with E-state index in [9.17, 15) is 9.59 Å². The van der Waals surface area contributed by atoms with Crippen LogP contribution in [0.25, 0.3) is 10.4 Å². The maximum Gasteiger partial charge on any atom is 0.227 e. The number of carbonyl (C=O) groups excluding carboxylic acids is 2. The summed E-state index contributed by atoms with van der Waals surface area (Å²) in [5, 5.41) is 2.06. The van der Waals surface area contributed by atoms with Gasteiger partial charge in [0.25, 0.3) is 0 Å². The Morgan fingerprint density at radius 3 is 2.63 bits per heavy atom. The van der Waals surface area contributed by atoms with Crippen LogP contribution < -0.4 is 5.73 Å². The second kappa shape index (κ2) is 7.47. The monoisotopic (exact) mass is 384 g/mol. The fraction of sp³-hybridized carbons (Fsp3) is 0.455. The van der Waals surface area contributed by atoms with E-state index in [0.29, 0.717) is 19.5 Å². The number of amides is 2. The number of rotatable bonds is 4. The molecule has 0 aliphatic carbocycles. The van der Waals surface area contributed by atoms with Crippen molar-refractivity contribution in [2.75, 3.05) is 13.1 Å². The molecule has 0 unspecified atom stereocenters. The molecule has 1 aromatic heterocycles. The Labute approximate surface area is 165 Å². The molecule has 2 aromatic rings. The fourth-order valence-corrected chi connectivity index (χ4v) is 4.60. The third-order valence-corrected chi connectivity index (χ3v) is 6.22. The highest BCUT2D eigenvalue weighted by molar-refractivity contribution is 7.13. The topological polar surface area (TPSA) is 63.4 Å². The summed E-state index contributed by atoms with van der Waals surface area (Å²) in [6.07, 6.45) is 2.09. The van der Waals surface area contributed by atoms with Gasteiger partial charge in [-0.15, -0.1) is 11.3 Å². The maximum atomic E-state index is 12.8. The van der Waals surface area contributed by atoms with Gasteiger partial charge in [0.05, 0.1) is 5.41 Å². The Balaban J connectivity index is 1.86. The van der Waals surface area contributed by atoms with E-state index >= 15 is 0 Å². The minimum atomic E-state index is -0.701. The number of hydrogen-bond donors (Lipinski definition) is 1. The van der Waals surface area contributed by atoms with Crippen molar-refractivity contribution >= 4 is 23.2 Å². The number of nitrogens with two attached hydrogens (primary N) is 1. The molecular formula is C22H28N2O2S. The second-order valence-electron chi connectivity index (χ2n) is 8.58. The Bertz CT molecular complexity index is 823. The van der Waals surface area contributed by atoms with Crippen molar-refractivity contribution in [1.29, 1.82) is 0 Å². The summed E-state index contributed by atoms with van der Waals surface area (Å²) in [6.45, 7) is 6.85. The largest absolute Gasteiger partial charge is 0.369 e. The summed E-state index contributed by atoms with van der Waals surface area (Å²) in [5.41, 5.74) is 6.96. The van der Waals surface area contributed by atoms with Crippen LogP contribution in [0.3, 0.4) is 0 Å². The van der Waals surface area contributed by atoms with Crippen molar-refractivity contribution in [1.82, 2.24) is 4.90 Å². The molecule has 2 heterocycles. The van der Waals surface area contributed by atoms with Gasteiger partial charge in [0.15, 0.2) is 0 Å². The van der Waals surface area contributed by atoms with Gasteiger partial charge in [-0.3, -0.25) is 9.59 Å². The molecule has 0 spiro atoms. The number of piperidine rings is 1. The van der Waals surface area contributed by atoms with Gasteiger partial charge >= 0.3 is 0 Å². The predicted molar refractivity (Wildman–Crippen MR) is 110 cm³/mol. The third-order valence-electron chi connectivity index (χ3n) is 5.30. The summed E-state index contributed by atoms with van der Waals surface area (Å²) in [6, 6.07) is 12.4. The van der Waals surface area contributed by atoms with Crippen LogP contribution in [0.5, 0.6) is 0 Å². The molecule has 2 amide bonds. The van der Waals surface area contributed by atoms with E-state index in [-0.39, 0.29) is 11.8 Å². The molecule has 1 fully saturated rings. The van der Waals surface area contributed by atoms with Gasteiger partial charge in [-0.1, -0.05) is 51.1 Å². The lowest BCUT2D eigenvalue weighted by Gasteiger charge is -2.43. The average molecular weight is 385 g/mol. The molecular weight excluding hydrogens is 356 g/mol. The zero-order valence-electron chi connectivity index (χ0n) is 16.3. The molecule has 1 saturated heterocycles. The minimum absolute atomic E-state index is 0.0835.